The number of hydrogen-bond acceptors (Lipinski definition) is 3. The van der Waals surface area contributed by atoms with Crippen LogP contribution in [0.15, 0.2) is 48.5 Å². The summed E-state index contributed by atoms with van der Waals surface area (Å²) in [5.41, 5.74) is 1.41. The average Bonchev–Trinajstić information content (AvgIpc) is 2.57. The van der Waals surface area contributed by atoms with E-state index in [-0.39, 0.29) is 44.6 Å². The van der Waals surface area contributed by atoms with Crippen LogP contribution in [0, 0.1) is 6.92 Å². The number of rotatable bonds is 7. The summed E-state index contributed by atoms with van der Waals surface area (Å²) in [7, 11) is -2.69. The maximum atomic E-state index is 13.0. The number of carbonyl (C=O) groups is 1. The first-order valence-corrected chi connectivity index (χ1v) is 8.90. The molecular weight excluding hydrogens is 359 g/mol. The molecule has 2 aromatic rings. The fourth-order valence-corrected chi connectivity index (χ4v) is 3.48. The molecule has 2 rings (SSSR count). The van der Waals surface area contributed by atoms with Crippen LogP contribution in [0.4, 0.5) is 13.2 Å². The van der Waals surface area contributed by atoms with Gasteiger partial charge in [0.25, 0.3) is 0 Å². The molecule has 0 aliphatic rings. The number of aryl methyl sites for hydroxylation is 1. The van der Waals surface area contributed by atoms with Crippen LogP contribution in [0.2, 0.25) is 0 Å². The molecule has 0 aromatic heterocycles. The fraction of sp³-hybridized carbons (Fsp3) is 0.278. The molecule has 0 amide bonds. The van der Waals surface area contributed by atoms with E-state index in [0.29, 0.717) is 11.3 Å². The van der Waals surface area contributed by atoms with Crippen LogP contribution in [0.5, 0.6) is 5.75 Å². The third-order valence-electron chi connectivity index (χ3n) is 3.38. The molecule has 0 spiro atoms. The van der Waals surface area contributed by atoms with Crippen LogP contribution in [-0.2, 0) is 4.52 Å². The van der Waals surface area contributed by atoms with Crippen LogP contribution >= 0.6 is 8.15 Å². The number of halogens is 3. The monoisotopic (exact) mass is 378 g/mol. The molecule has 2 aromatic carbocycles. The Kier molecular flexibility index (Phi) is 8.86. The molecule has 0 radical (unpaired) electrons. The molecule has 0 aliphatic carbocycles. The van der Waals surface area contributed by atoms with Gasteiger partial charge in [0.15, 0.2) is 20.5 Å². The van der Waals surface area contributed by atoms with Gasteiger partial charge in [-0.05, 0) is 43.7 Å². The zero-order valence-corrected chi connectivity index (χ0v) is 15.7. The summed E-state index contributed by atoms with van der Waals surface area (Å²) in [6.45, 7) is 3.16. The van der Waals surface area contributed by atoms with E-state index in [1.807, 2.05) is 19.1 Å². The molecule has 1 unspecified atom stereocenters. The smallest absolute Gasteiger partial charge is 1.00 e. The number of benzene rings is 2. The third kappa shape index (κ3) is 6.14. The number of hydrogen-bond donors (Lipinski definition) is 0. The molecule has 0 fully saturated rings. The van der Waals surface area contributed by atoms with Gasteiger partial charge in [-0.3, -0.25) is 4.79 Å². The Morgan fingerprint density at radius 2 is 1.73 bits per heavy atom. The van der Waals surface area contributed by atoms with Gasteiger partial charge in [-0.25, -0.2) is 0 Å². The standard InChI is InChI=1S/C18H18F3O3P.Li.H/c1-3-24-25(18(19,20)21)15-10-8-14(9-11-15)23-12-17(22)16-7-5-4-6-13(16)2;;/h4-11H,3,12H2,1-2H3;;/q;+1;-1. The predicted octanol–water partition coefficient (Wildman–Crippen LogP) is 1.95. The average molecular weight is 378 g/mol. The normalized spacial score (nSPS) is 12.2. The zero-order valence-electron chi connectivity index (χ0n) is 15.8. The Morgan fingerprint density at radius 3 is 2.27 bits per heavy atom. The Bertz CT molecular complexity index is 727. The Labute approximate surface area is 165 Å². The van der Waals surface area contributed by atoms with Crippen molar-refractivity contribution in [3.05, 3.63) is 59.7 Å². The second kappa shape index (κ2) is 10.1. The van der Waals surface area contributed by atoms with Crippen LogP contribution in [0.25, 0.3) is 0 Å². The van der Waals surface area contributed by atoms with Crippen molar-refractivity contribution in [1.82, 2.24) is 0 Å². The molecule has 0 bridgehead atoms. The maximum absolute atomic E-state index is 13.0. The number of ketones is 1. The summed E-state index contributed by atoms with van der Waals surface area (Å²) in [5.74, 6) is -4.28. The van der Waals surface area contributed by atoms with Crippen molar-refractivity contribution in [3.63, 3.8) is 0 Å². The SMILES string of the molecule is CCOP(c1ccc(OCC(=O)c2ccccc2C)cc1)C(F)(F)F.[H-].[Li+]. The number of alkyl halides is 3. The Hall–Kier alpha value is -1.31. The first-order chi connectivity index (χ1) is 11.8. The quantitative estimate of drug-likeness (QED) is 0.420. The predicted molar refractivity (Wildman–Crippen MR) is 92.8 cm³/mol. The first-order valence-electron chi connectivity index (χ1n) is 7.64. The Morgan fingerprint density at radius 1 is 1.12 bits per heavy atom. The molecule has 0 N–H and O–H groups in total. The van der Waals surface area contributed by atoms with E-state index >= 15 is 0 Å². The van der Waals surface area contributed by atoms with Gasteiger partial charge in [0.05, 0.1) is 0 Å². The number of ether oxygens (including phenoxy) is 1. The van der Waals surface area contributed by atoms with Crippen LogP contribution in [0.1, 0.15) is 24.3 Å². The molecule has 0 saturated carbocycles. The topological polar surface area (TPSA) is 35.5 Å². The van der Waals surface area contributed by atoms with E-state index in [1.165, 1.54) is 31.2 Å². The van der Waals surface area contributed by atoms with Gasteiger partial charge < -0.3 is 10.7 Å². The van der Waals surface area contributed by atoms with Gasteiger partial charge in [-0.1, -0.05) is 24.3 Å². The van der Waals surface area contributed by atoms with Crippen LogP contribution in [0.3, 0.4) is 0 Å². The van der Waals surface area contributed by atoms with Crippen molar-refractivity contribution in [1.29, 1.82) is 0 Å². The van der Waals surface area contributed by atoms with E-state index in [2.05, 4.69) is 0 Å². The molecule has 136 valence electrons. The first kappa shape index (κ1) is 22.7. The van der Waals surface area contributed by atoms with Gasteiger partial charge >= 0.3 is 24.8 Å². The maximum Gasteiger partial charge on any atom is 1.00 e. The van der Waals surface area contributed by atoms with E-state index < -0.39 is 14.1 Å². The van der Waals surface area contributed by atoms with Gasteiger partial charge in [0.2, 0.25) is 0 Å². The van der Waals surface area contributed by atoms with E-state index in [9.17, 15) is 18.0 Å². The van der Waals surface area contributed by atoms with E-state index in [0.717, 1.165) is 5.56 Å². The van der Waals surface area contributed by atoms with Crippen molar-refractivity contribution in [2.45, 2.75) is 19.8 Å². The van der Waals surface area contributed by atoms with Crippen LogP contribution in [-0.4, -0.2) is 24.9 Å². The van der Waals surface area contributed by atoms with Gasteiger partial charge in [-0.2, -0.15) is 13.2 Å². The van der Waals surface area contributed by atoms with Gasteiger partial charge in [-0.15, -0.1) is 0 Å². The summed E-state index contributed by atoms with van der Waals surface area (Å²) in [6.07, 6.45) is 0. The third-order valence-corrected chi connectivity index (χ3v) is 5.12. The molecule has 8 heteroatoms. The minimum Gasteiger partial charge on any atom is -1.00 e. The fourth-order valence-electron chi connectivity index (χ4n) is 2.21. The van der Waals surface area contributed by atoms with E-state index in [4.69, 9.17) is 9.26 Å². The van der Waals surface area contributed by atoms with Crippen LogP contribution < -0.4 is 28.9 Å². The zero-order chi connectivity index (χ0) is 18.4. The molecule has 0 aliphatic heterocycles. The van der Waals surface area contributed by atoms with Crippen molar-refractivity contribution >= 4 is 19.2 Å². The molecule has 0 heterocycles. The second-order valence-electron chi connectivity index (χ2n) is 5.20. The number of carbonyl (C=O) groups excluding carboxylic acids is 1. The van der Waals surface area contributed by atoms with Gasteiger partial charge in [0.1, 0.15) is 5.75 Å². The molecule has 0 saturated heterocycles. The van der Waals surface area contributed by atoms with Crippen molar-refractivity contribution in [2.75, 3.05) is 13.2 Å². The number of Topliss-reactive ketones (excluding diaryl/α,β-unsaturated/α-hetero) is 1. The molecular formula is C18H19F3LiO3P. The Balaban J connectivity index is 0.00000338. The van der Waals surface area contributed by atoms with E-state index in [1.54, 1.807) is 12.1 Å². The van der Waals surface area contributed by atoms with Crippen molar-refractivity contribution in [3.8, 4) is 5.75 Å². The molecule has 1 atom stereocenters. The van der Waals surface area contributed by atoms with Crippen molar-refractivity contribution in [2.24, 2.45) is 0 Å². The summed E-state index contributed by atoms with van der Waals surface area (Å²) < 4.78 is 49.2. The van der Waals surface area contributed by atoms with Gasteiger partial charge in [0, 0.05) is 17.5 Å². The largest absolute Gasteiger partial charge is 1.00 e. The summed E-state index contributed by atoms with van der Waals surface area (Å²) >= 11 is 0. The minimum absolute atomic E-state index is 0. The summed E-state index contributed by atoms with van der Waals surface area (Å²) in [5, 5.41) is 0.0573. The van der Waals surface area contributed by atoms with Crippen molar-refractivity contribution < 1.29 is 47.5 Å². The molecule has 26 heavy (non-hydrogen) atoms. The summed E-state index contributed by atoms with van der Waals surface area (Å²) in [4.78, 5) is 12.1. The summed E-state index contributed by atoms with van der Waals surface area (Å²) in [6, 6.07) is 12.6. The molecule has 3 nitrogen and oxygen atoms in total. The minimum atomic E-state index is -4.42. The second-order valence-corrected chi connectivity index (χ2v) is 7.07.